The highest BCUT2D eigenvalue weighted by Gasteiger charge is 2.41. The van der Waals surface area contributed by atoms with E-state index in [1.807, 2.05) is 0 Å². The molecule has 35 heavy (non-hydrogen) atoms. The Morgan fingerprint density at radius 2 is 0.714 bits per heavy atom. The van der Waals surface area contributed by atoms with Gasteiger partial charge in [0.1, 0.15) is 0 Å². The number of anilines is 4. The van der Waals surface area contributed by atoms with E-state index in [9.17, 15) is 0 Å². The number of hydrogen-bond donors (Lipinski definition) is 0. The normalized spacial score (nSPS) is 13.9. The Hall–Kier alpha value is -3.43. The number of fused-ring (bicyclic) bond motifs is 4. The van der Waals surface area contributed by atoms with Gasteiger partial charge in [-0.05, 0) is 73.8 Å². The van der Waals surface area contributed by atoms with Gasteiger partial charge in [-0.3, -0.25) is 0 Å². The Kier molecular flexibility index (Phi) is 5.08. The lowest BCUT2D eigenvalue weighted by Gasteiger charge is -2.38. The molecule has 172 valence electrons. The van der Waals surface area contributed by atoms with Crippen LogP contribution < -0.4 is 31.7 Å². The van der Waals surface area contributed by atoms with Crippen molar-refractivity contribution in [2.24, 2.45) is 0 Å². The van der Waals surface area contributed by atoms with E-state index in [0.717, 1.165) is 0 Å². The minimum atomic E-state index is -0.161. The summed E-state index contributed by atoms with van der Waals surface area (Å²) in [6.07, 6.45) is 0. The zero-order chi connectivity index (χ0) is 24.4. The standard InChI is InChI=1S/C30H30B2N2O/c1-19-7-11-27-23(15-19)31(24-16-20(2)8-12-28(24)33(27)5)35-32-25-17-21(3)9-13-29(25)34(6)30-14-10-22(4)18-26(30)32/h7-18H,1-6H3. The number of hydrogen-bond acceptors (Lipinski definition) is 3. The lowest BCUT2D eigenvalue weighted by atomic mass is 9.45. The third-order valence-corrected chi connectivity index (χ3v) is 7.58. The summed E-state index contributed by atoms with van der Waals surface area (Å²) in [7, 11) is 4.32. The molecule has 4 aromatic rings. The maximum absolute atomic E-state index is 7.30. The second kappa shape index (κ2) is 8.06. The minimum Gasteiger partial charge on any atom is -0.483 e. The van der Waals surface area contributed by atoms with Crippen molar-refractivity contribution in [1.29, 1.82) is 0 Å². The predicted octanol–water partition coefficient (Wildman–Crippen LogP) is 4.01. The molecule has 4 aromatic carbocycles. The molecule has 0 aliphatic carbocycles. The van der Waals surface area contributed by atoms with Gasteiger partial charge in [-0.15, -0.1) is 0 Å². The molecule has 0 radical (unpaired) electrons. The molecule has 2 heterocycles. The predicted molar refractivity (Wildman–Crippen MR) is 152 cm³/mol. The third kappa shape index (κ3) is 3.49. The van der Waals surface area contributed by atoms with Crippen molar-refractivity contribution >= 4 is 58.4 Å². The molecule has 0 N–H and O–H groups in total. The van der Waals surface area contributed by atoms with E-state index in [1.54, 1.807) is 0 Å². The van der Waals surface area contributed by atoms with Crippen LogP contribution in [0, 0.1) is 27.7 Å². The van der Waals surface area contributed by atoms with E-state index in [-0.39, 0.29) is 13.8 Å². The summed E-state index contributed by atoms with van der Waals surface area (Å²) in [6.45, 7) is 8.33. The highest BCUT2D eigenvalue weighted by molar-refractivity contribution is 6.94. The van der Waals surface area contributed by atoms with Crippen molar-refractivity contribution in [2.45, 2.75) is 27.7 Å². The molecule has 0 spiro atoms. The van der Waals surface area contributed by atoms with Gasteiger partial charge in [-0.1, -0.05) is 70.8 Å². The molecule has 0 saturated carbocycles. The molecule has 2 aliphatic rings. The lowest BCUT2D eigenvalue weighted by Crippen LogP contribution is -2.61. The Morgan fingerprint density at radius 1 is 0.457 bits per heavy atom. The van der Waals surface area contributed by atoms with Gasteiger partial charge >= 0.3 is 13.8 Å². The Bertz CT molecular complexity index is 1260. The van der Waals surface area contributed by atoms with Crippen molar-refractivity contribution in [3.63, 3.8) is 0 Å². The molecular weight excluding hydrogens is 426 g/mol. The Balaban J connectivity index is 1.57. The third-order valence-electron chi connectivity index (χ3n) is 7.58. The van der Waals surface area contributed by atoms with Gasteiger partial charge in [0, 0.05) is 36.8 Å². The molecule has 0 bridgehead atoms. The van der Waals surface area contributed by atoms with Crippen molar-refractivity contribution in [1.82, 2.24) is 0 Å². The van der Waals surface area contributed by atoms with Gasteiger partial charge < -0.3 is 14.4 Å². The first-order valence-electron chi connectivity index (χ1n) is 12.4. The molecule has 0 amide bonds. The molecular formula is C30H30B2N2O. The van der Waals surface area contributed by atoms with Crippen LogP contribution in [-0.4, -0.2) is 27.9 Å². The summed E-state index contributed by atoms with van der Waals surface area (Å²) in [6, 6.07) is 26.9. The summed E-state index contributed by atoms with van der Waals surface area (Å²) < 4.78 is 7.30. The number of nitrogens with zero attached hydrogens (tertiary/aromatic N) is 2. The highest BCUT2D eigenvalue weighted by atomic mass is 16.4. The Labute approximate surface area is 209 Å². The fourth-order valence-corrected chi connectivity index (χ4v) is 5.78. The molecule has 0 aromatic heterocycles. The maximum Gasteiger partial charge on any atom is 0.351 e. The molecule has 0 saturated heterocycles. The molecule has 0 unspecified atom stereocenters. The van der Waals surface area contributed by atoms with E-state index < -0.39 is 0 Å². The van der Waals surface area contributed by atoms with E-state index >= 15 is 0 Å². The molecule has 3 nitrogen and oxygen atoms in total. The molecule has 0 fully saturated rings. The first-order valence-corrected chi connectivity index (χ1v) is 12.4. The molecule has 6 rings (SSSR count). The summed E-state index contributed by atoms with van der Waals surface area (Å²) in [4.78, 5) is 4.60. The topological polar surface area (TPSA) is 15.7 Å². The van der Waals surface area contributed by atoms with Crippen LogP contribution in [0.1, 0.15) is 22.3 Å². The molecule has 5 heteroatoms. The van der Waals surface area contributed by atoms with Crippen LogP contribution in [0.4, 0.5) is 22.7 Å². The number of rotatable bonds is 2. The number of aryl methyl sites for hydroxylation is 4. The van der Waals surface area contributed by atoms with Crippen molar-refractivity contribution in [2.75, 3.05) is 23.9 Å². The maximum atomic E-state index is 7.30. The average molecular weight is 456 g/mol. The van der Waals surface area contributed by atoms with Crippen molar-refractivity contribution in [3.05, 3.63) is 95.1 Å². The first-order chi connectivity index (χ1) is 16.8. The molecule has 0 atom stereocenters. The second-order valence-corrected chi connectivity index (χ2v) is 10.3. The van der Waals surface area contributed by atoms with Crippen molar-refractivity contribution < 1.29 is 4.57 Å². The largest absolute Gasteiger partial charge is 0.483 e. The van der Waals surface area contributed by atoms with Gasteiger partial charge in [0.2, 0.25) is 0 Å². The van der Waals surface area contributed by atoms with Gasteiger partial charge in [0.15, 0.2) is 0 Å². The van der Waals surface area contributed by atoms with Gasteiger partial charge in [0.05, 0.1) is 0 Å². The highest BCUT2D eigenvalue weighted by Crippen LogP contribution is 2.30. The summed E-state index contributed by atoms with van der Waals surface area (Å²) in [5, 5.41) is 0. The van der Waals surface area contributed by atoms with Crippen LogP contribution >= 0.6 is 0 Å². The van der Waals surface area contributed by atoms with Crippen molar-refractivity contribution in [3.8, 4) is 0 Å². The van der Waals surface area contributed by atoms with Crippen LogP contribution in [0.2, 0.25) is 0 Å². The average Bonchev–Trinajstić information content (AvgIpc) is 2.83. The van der Waals surface area contributed by atoms with E-state index in [0.29, 0.717) is 0 Å². The van der Waals surface area contributed by atoms with Gasteiger partial charge in [-0.2, -0.15) is 0 Å². The summed E-state index contributed by atoms with van der Waals surface area (Å²) in [5.41, 5.74) is 14.7. The quantitative estimate of drug-likeness (QED) is 0.424. The summed E-state index contributed by atoms with van der Waals surface area (Å²) in [5.74, 6) is 0. The Morgan fingerprint density at radius 3 is 0.971 bits per heavy atom. The zero-order valence-corrected chi connectivity index (χ0v) is 21.4. The van der Waals surface area contributed by atoms with Crippen LogP contribution in [0.5, 0.6) is 0 Å². The van der Waals surface area contributed by atoms with Crippen LogP contribution in [0.3, 0.4) is 0 Å². The fraction of sp³-hybridized carbons (Fsp3) is 0.200. The SMILES string of the molecule is Cc1ccc2c(c1)B(OB1c3cc(C)ccc3N(C)c3ccc(C)cc31)c1cc(C)ccc1N2C. The van der Waals surface area contributed by atoms with E-state index in [1.165, 1.54) is 66.9 Å². The van der Waals surface area contributed by atoms with E-state index in [2.05, 4.69) is 124 Å². The zero-order valence-electron chi connectivity index (χ0n) is 21.4. The van der Waals surface area contributed by atoms with Crippen LogP contribution in [0.15, 0.2) is 72.8 Å². The van der Waals surface area contributed by atoms with Gasteiger partial charge in [0.25, 0.3) is 0 Å². The lowest BCUT2D eigenvalue weighted by molar-refractivity contribution is 0.631. The van der Waals surface area contributed by atoms with Gasteiger partial charge in [-0.25, -0.2) is 0 Å². The number of benzene rings is 4. The first kappa shape index (κ1) is 22.1. The molecule has 2 aliphatic heterocycles. The minimum absolute atomic E-state index is 0.161. The monoisotopic (exact) mass is 456 g/mol. The van der Waals surface area contributed by atoms with E-state index in [4.69, 9.17) is 4.57 Å². The van der Waals surface area contributed by atoms with Crippen LogP contribution in [-0.2, 0) is 4.57 Å². The summed E-state index contributed by atoms with van der Waals surface area (Å²) >= 11 is 0. The smallest absolute Gasteiger partial charge is 0.351 e. The fourth-order valence-electron chi connectivity index (χ4n) is 5.78. The second-order valence-electron chi connectivity index (χ2n) is 10.3. The van der Waals surface area contributed by atoms with Crippen LogP contribution in [0.25, 0.3) is 0 Å².